The first-order valence-corrected chi connectivity index (χ1v) is 9.08. The molecule has 1 heterocycles. The van der Waals surface area contributed by atoms with Crippen molar-refractivity contribution in [2.45, 2.75) is 25.1 Å². The molecule has 4 rings (SSSR count). The van der Waals surface area contributed by atoms with Crippen molar-refractivity contribution in [3.63, 3.8) is 0 Å². The summed E-state index contributed by atoms with van der Waals surface area (Å²) in [6.07, 6.45) is -2.59. The Bertz CT molecular complexity index is 1030. The highest BCUT2D eigenvalue weighted by atomic mass is 19.4. The Balaban J connectivity index is 1.69. The van der Waals surface area contributed by atoms with Crippen LogP contribution in [0.15, 0.2) is 60.7 Å². The van der Waals surface area contributed by atoms with E-state index in [9.17, 15) is 18.0 Å². The van der Waals surface area contributed by atoms with Crippen molar-refractivity contribution in [3.05, 3.63) is 71.9 Å². The first kappa shape index (κ1) is 18.9. The van der Waals surface area contributed by atoms with E-state index in [1.165, 1.54) is 18.2 Å². The van der Waals surface area contributed by atoms with Crippen molar-refractivity contribution < 1.29 is 18.0 Å². The third kappa shape index (κ3) is 4.71. The van der Waals surface area contributed by atoms with Gasteiger partial charge >= 0.3 is 6.18 Å². The molecule has 29 heavy (non-hydrogen) atoms. The van der Waals surface area contributed by atoms with Crippen LogP contribution in [0.5, 0.6) is 0 Å². The predicted octanol–water partition coefficient (Wildman–Crippen LogP) is 4.80. The summed E-state index contributed by atoms with van der Waals surface area (Å²) in [4.78, 5) is 21.2. The highest BCUT2D eigenvalue weighted by Gasteiger charge is 2.30. The van der Waals surface area contributed by atoms with Crippen molar-refractivity contribution >= 4 is 17.4 Å². The summed E-state index contributed by atoms with van der Waals surface area (Å²) in [5.41, 5.74) is 0.290. The lowest BCUT2D eigenvalue weighted by molar-refractivity contribution is -0.137. The maximum absolute atomic E-state index is 13.0. The highest BCUT2D eigenvalue weighted by Crippen LogP contribution is 2.31. The Hall–Kier alpha value is -3.42. The van der Waals surface area contributed by atoms with Crippen LogP contribution < -0.4 is 10.6 Å². The standard InChI is InChI=1S/C21H17F3N4O/c22-21(23,24)14-7-4-8-16(11-14)25-18-12-17(20(29)26-15-9-10-15)27-19(28-18)13-5-2-1-3-6-13/h1-8,11-12,15H,9-10H2,(H,26,29)(H,25,27,28). The van der Waals surface area contributed by atoms with Gasteiger partial charge in [-0.05, 0) is 31.0 Å². The van der Waals surface area contributed by atoms with Gasteiger partial charge in [0.15, 0.2) is 5.82 Å². The zero-order chi connectivity index (χ0) is 20.4. The molecule has 0 aliphatic heterocycles. The predicted molar refractivity (Wildman–Crippen MR) is 103 cm³/mol. The van der Waals surface area contributed by atoms with Crippen molar-refractivity contribution in [2.75, 3.05) is 5.32 Å². The summed E-state index contributed by atoms with van der Waals surface area (Å²) in [5.74, 6) is 0.210. The molecule has 1 aliphatic rings. The Morgan fingerprint density at radius 1 is 0.966 bits per heavy atom. The third-order valence-corrected chi connectivity index (χ3v) is 4.37. The molecule has 2 aromatic carbocycles. The zero-order valence-electron chi connectivity index (χ0n) is 15.2. The first-order chi connectivity index (χ1) is 13.9. The lowest BCUT2D eigenvalue weighted by Gasteiger charge is -2.12. The fourth-order valence-electron chi connectivity index (χ4n) is 2.75. The van der Waals surface area contributed by atoms with E-state index >= 15 is 0 Å². The van der Waals surface area contributed by atoms with Gasteiger partial charge in [-0.15, -0.1) is 0 Å². The van der Waals surface area contributed by atoms with Crippen LogP contribution in [0.2, 0.25) is 0 Å². The molecule has 1 aromatic heterocycles. The van der Waals surface area contributed by atoms with E-state index in [4.69, 9.17) is 0 Å². The number of amides is 1. The van der Waals surface area contributed by atoms with E-state index < -0.39 is 11.7 Å². The molecule has 0 atom stereocenters. The summed E-state index contributed by atoms with van der Waals surface area (Å²) < 4.78 is 38.9. The van der Waals surface area contributed by atoms with Gasteiger partial charge in [0.1, 0.15) is 11.5 Å². The number of rotatable bonds is 5. The molecule has 1 fully saturated rings. The smallest absolute Gasteiger partial charge is 0.348 e. The number of alkyl halides is 3. The van der Waals surface area contributed by atoms with E-state index in [0.717, 1.165) is 25.0 Å². The molecular weight excluding hydrogens is 381 g/mol. The Kier molecular flexibility index (Phi) is 4.92. The number of carbonyl (C=O) groups excluding carboxylic acids is 1. The van der Waals surface area contributed by atoms with Crippen LogP contribution in [0.4, 0.5) is 24.7 Å². The van der Waals surface area contributed by atoms with Gasteiger partial charge in [0.25, 0.3) is 5.91 Å². The number of benzene rings is 2. The van der Waals surface area contributed by atoms with E-state index in [0.29, 0.717) is 11.4 Å². The van der Waals surface area contributed by atoms with Gasteiger partial charge in [0.05, 0.1) is 5.56 Å². The van der Waals surface area contributed by atoms with Crippen LogP contribution in [0.3, 0.4) is 0 Å². The van der Waals surface area contributed by atoms with Gasteiger partial charge in [-0.2, -0.15) is 13.2 Å². The molecule has 0 radical (unpaired) electrons. The Morgan fingerprint density at radius 3 is 2.41 bits per heavy atom. The molecule has 1 aliphatic carbocycles. The fourth-order valence-corrected chi connectivity index (χ4v) is 2.75. The molecule has 0 unspecified atom stereocenters. The van der Waals surface area contributed by atoms with Crippen molar-refractivity contribution in [2.24, 2.45) is 0 Å². The second-order valence-electron chi connectivity index (χ2n) is 6.78. The van der Waals surface area contributed by atoms with Gasteiger partial charge in [-0.3, -0.25) is 4.79 Å². The van der Waals surface area contributed by atoms with Gasteiger partial charge in [-0.25, -0.2) is 9.97 Å². The van der Waals surface area contributed by atoms with Crippen LogP contribution >= 0.6 is 0 Å². The molecule has 2 N–H and O–H groups in total. The largest absolute Gasteiger partial charge is 0.416 e. The quantitative estimate of drug-likeness (QED) is 0.648. The number of anilines is 2. The van der Waals surface area contributed by atoms with E-state index in [1.54, 1.807) is 12.1 Å². The molecule has 0 bridgehead atoms. The minimum Gasteiger partial charge on any atom is -0.348 e. The molecule has 5 nitrogen and oxygen atoms in total. The van der Waals surface area contributed by atoms with Crippen LogP contribution in [-0.2, 0) is 6.18 Å². The van der Waals surface area contributed by atoms with Crippen molar-refractivity contribution in [1.29, 1.82) is 0 Å². The lowest BCUT2D eigenvalue weighted by atomic mass is 10.2. The molecule has 1 saturated carbocycles. The topological polar surface area (TPSA) is 66.9 Å². The van der Waals surface area contributed by atoms with Crippen LogP contribution in [-0.4, -0.2) is 21.9 Å². The second kappa shape index (κ2) is 7.54. The monoisotopic (exact) mass is 398 g/mol. The number of halogens is 3. The van der Waals surface area contributed by atoms with E-state index in [2.05, 4.69) is 20.6 Å². The third-order valence-electron chi connectivity index (χ3n) is 4.37. The summed E-state index contributed by atoms with van der Waals surface area (Å²) in [6.45, 7) is 0. The Labute approximate surface area is 165 Å². The average molecular weight is 398 g/mol. The fraction of sp³-hybridized carbons (Fsp3) is 0.190. The number of nitrogens with zero attached hydrogens (tertiary/aromatic N) is 2. The minimum atomic E-state index is -4.45. The number of hydrogen-bond donors (Lipinski definition) is 2. The highest BCUT2D eigenvalue weighted by molar-refractivity contribution is 5.94. The van der Waals surface area contributed by atoms with Gasteiger partial charge in [0.2, 0.25) is 0 Å². The molecule has 148 valence electrons. The number of carbonyl (C=O) groups is 1. The SMILES string of the molecule is O=C(NC1CC1)c1cc(Nc2cccc(C(F)(F)F)c2)nc(-c2ccccc2)n1. The van der Waals surface area contributed by atoms with Crippen molar-refractivity contribution in [3.8, 4) is 11.4 Å². The minimum absolute atomic E-state index is 0.150. The van der Waals surface area contributed by atoms with Gasteiger partial charge in [0, 0.05) is 23.4 Å². The van der Waals surface area contributed by atoms with Gasteiger partial charge < -0.3 is 10.6 Å². The van der Waals surface area contributed by atoms with Crippen LogP contribution in [0, 0.1) is 0 Å². The van der Waals surface area contributed by atoms with Gasteiger partial charge in [-0.1, -0.05) is 36.4 Å². The second-order valence-corrected chi connectivity index (χ2v) is 6.78. The Morgan fingerprint density at radius 2 is 1.72 bits per heavy atom. The normalized spacial score (nSPS) is 13.8. The molecule has 1 amide bonds. The molecular formula is C21H17F3N4O. The summed E-state index contributed by atoms with van der Waals surface area (Å²) >= 11 is 0. The number of nitrogens with one attached hydrogen (secondary N) is 2. The number of hydrogen-bond acceptors (Lipinski definition) is 4. The first-order valence-electron chi connectivity index (χ1n) is 9.08. The van der Waals surface area contributed by atoms with Crippen LogP contribution in [0.1, 0.15) is 28.9 Å². The summed E-state index contributed by atoms with van der Waals surface area (Å²) in [6, 6.07) is 15.5. The summed E-state index contributed by atoms with van der Waals surface area (Å²) in [5, 5.41) is 5.72. The zero-order valence-corrected chi connectivity index (χ0v) is 15.2. The molecule has 0 spiro atoms. The summed E-state index contributed by atoms with van der Waals surface area (Å²) in [7, 11) is 0. The van der Waals surface area contributed by atoms with Crippen LogP contribution in [0.25, 0.3) is 11.4 Å². The lowest BCUT2D eigenvalue weighted by Crippen LogP contribution is -2.26. The molecule has 0 saturated heterocycles. The van der Waals surface area contributed by atoms with Crippen molar-refractivity contribution in [1.82, 2.24) is 15.3 Å². The maximum Gasteiger partial charge on any atom is 0.416 e. The van der Waals surface area contributed by atoms with E-state index in [-0.39, 0.29) is 29.1 Å². The average Bonchev–Trinajstić information content (AvgIpc) is 3.52. The molecule has 8 heteroatoms. The molecule has 3 aromatic rings. The maximum atomic E-state index is 13.0. The van der Waals surface area contributed by atoms with E-state index in [1.807, 2.05) is 18.2 Å². The number of aromatic nitrogens is 2.